The maximum atomic E-state index is 12.0. The zero-order valence-electron chi connectivity index (χ0n) is 13.2. The van der Waals surface area contributed by atoms with Gasteiger partial charge in [0, 0.05) is 13.7 Å². The summed E-state index contributed by atoms with van der Waals surface area (Å²) in [6, 6.07) is 6.11. The number of carbonyl (C=O) groups is 1. The molecule has 0 heterocycles. The van der Waals surface area contributed by atoms with Crippen LogP contribution in [0.2, 0.25) is 0 Å². The fourth-order valence-corrected chi connectivity index (χ4v) is 2.82. The number of ether oxygens (including phenoxy) is 2. The van der Waals surface area contributed by atoms with Crippen molar-refractivity contribution < 1.29 is 14.3 Å². The van der Waals surface area contributed by atoms with Crippen molar-refractivity contribution in [2.24, 2.45) is 0 Å². The molecule has 1 aromatic rings. The molecule has 0 atom stereocenters. The van der Waals surface area contributed by atoms with Gasteiger partial charge < -0.3 is 14.8 Å². The maximum Gasteiger partial charge on any atom is 0.222 e. The largest absolute Gasteiger partial charge is 0.496 e. The standard InChI is InChI=1S/C17H25NO3/c1-13-5-6-15(20-2)14(11-13)7-10-18-16(19)12-17(21-3)8-4-9-17/h5-6,11H,4,7-10,12H2,1-3H3,(H,18,19). The van der Waals surface area contributed by atoms with Gasteiger partial charge in [-0.15, -0.1) is 0 Å². The van der Waals surface area contributed by atoms with E-state index < -0.39 is 0 Å². The summed E-state index contributed by atoms with van der Waals surface area (Å²) < 4.78 is 10.8. The Morgan fingerprint density at radius 2 is 2.10 bits per heavy atom. The van der Waals surface area contributed by atoms with Crippen molar-refractivity contribution in [3.8, 4) is 5.75 Å². The molecular formula is C17H25NO3. The highest BCUT2D eigenvalue weighted by Gasteiger charge is 2.38. The van der Waals surface area contributed by atoms with E-state index in [1.54, 1.807) is 14.2 Å². The zero-order valence-corrected chi connectivity index (χ0v) is 13.2. The molecule has 1 aromatic carbocycles. The van der Waals surface area contributed by atoms with Crippen LogP contribution in [0.15, 0.2) is 18.2 Å². The fraction of sp³-hybridized carbons (Fsp3) is 0.588. The van der Waals surface area contributed by atoms with Gasteiger partial charge in [-0.2, -0.15) is 0 Å². The third-order valence-corrected chi connectivity index (χ3v) is 4.33. The van der Waals surface area contributed by atoms with E-state index in [0.717, 1.165) is 37.0 Å². The number of hydrogen-bond donors (Lipinski definition) is 1. The Balaban J connectivity index is 1.81. The van der Waals surface area contributed by atoms with E-state index in [-0.39, 0.29) is 11.5 Å². The first-order chi connectivity index (χ1) is 10.1. The van der Waals surface area contributed by atoms with Crippen molar-refractivity contribution in [1.29, 1.82) is 0 Å². The van der Waals surface area contributed by atoms with Crippen molar-refractivity contribution >= 4 is 5.91 Å². The van der Waals surface area contributed by atoms with E-state index >= 15 is 0 Å². The maximum absolute atomic E-state index is 12.0. The molecule has 0 unspecified atom stereocenters. The highest BCUT2D eigenvalue weighted by atomic mass is 16.5. The summed E-state index contributed by atoms with van der Waals surface area (Å²) in [5.41, 5.74) is 2.12. The van der Waals surface area contributed by atoms with E-state index in [1.807, 2.05) is 12.1 Å². The number of rotatable bonds is 7. The molecule has 4 nitrogen and oxygen atoms in total. The molecule has 21 heavy (non-hydrogen) atoms. The highest BCUT2D eigenvalue weighted by Crippen LogP contribution is 2.37. The Morgan fingerprint density at radius 1 is 1.33 bits per heavy atom. The van der Waals surface area contributed by atoms with Crippen LogP contribution in [-0.4, -0.2) is 32.3 Å². The smallest absolute Gasteiger partial charge is 0.222 e. The zero-order chi connectivity index (χ0) is 15.3. The lowest BCUT2D eigenvalue weighted by Gasteiger charge is -2.39. The van der Waals surface area contributed by atoms with E-state index in [1.165, 1.54) is 5.56 Å². The van der Waals surface area contributed by atoms with Crippen LogP contribution in [-0.2, 0) is 16.0 Å². The number of aryl methyl sites for hydroxylation is 1. The molecule has 1 fully saturated rings. The summed E-state index contributed by atoms with van der Waals surface area (Å²) in [5.74, 6) is 0.949. The van der Waals surface area contributed by atoms with Crippen LogP contribution >= 0.6 is 0 Å². The number of nitrogens with one attached hydrogen (secondary N) is 1. The number of hydrogen-bond acceptors (Lipinski definition) is 3. The summed E-state index contributed by atoms with van der Waals surface area (Å²) >= 11 is 0. The molecule has 0 aromatic heterocycles. The molecule has 4 heteroatoms. The van der Waals surface area contributed by atoms with Crippen molar-refractivity contribution in [3.63, 3.8) is 0 Å². The Hall–Kier alpha value is -1.55. The average molecular weight is 291 g/mol. The van der Waals surface area contributed by atoms with E-state index in [2.05, 4.69) is 18.3 Å². The first-order valence-corrected chi connectivity index (χ1v) is 7.54. The first kappa shape index (κ1) is 15.8. The normalized spacial score (nSPS) is 16.1. The van der Waals surface area contributed by atoms with Gasteiger partial charge in [0.05, 0.1) is 19.1 Å². The quantitative estimate of drug-likeness (QED) is 0.840. The molecule has 1 amide bonds. The van der Waals surface area contributed by atoms with Crippen LogP contribution in [0.25, 0.3) is 0 Å². The second-order valence-electron chi connectivity index (χ2n) is 5.83. The molecule has 116 valence electrons. The Morgan fingerprint density at radius 3 is 2.67 bits per heavy atom. The van der Waals surface area contributed by atoms with Gasteiger partial charge >= 0.3 is 0 Å². The summed E-state index contributed by atoms with van der Waals surface area (Å²) in [6.45, 7) is 2.68. The number of methoxy groups -OCH3 is 2. The molecule has 1 aliphatic carbocycles. The average Bonchev–Trinajstić information content (AvgIpc) is 2.43. The molecule has 0 saturated heterocycles. The summed E-state index contributed by atoms with van der Waals surface area (Å²) in [5, 5.41) is 2.99. The minimum Gasteiger partial charge on any atom is -0.496 e. The van der Waals surface area contributed by atoms with Gasteiger partial charge in [0.25, 0.3) is 0 Å². The minimum absolute atomic E-state index is 0.0724. The molecule has 1 N–H and O–H groups in total. The molecular weight excluding hydrogens is 266 g/mol. The summed E-state index contributed by atoms with van der Waals surface area (Å²) in [4.78, 5) is 12.0. The number of amides is 1. The lowest BCUT2D eigenvalue weighted by atomic mass is 9.77. The number of carbonyl (C=O) groups excluding carboxylic acids is 1. The Labute approximate surface area is 126 Å². The monoisotopic (exact) mass is 291 g/mol. The van der Waals surface area contributed by atoms with Gasteiger partial charge in [0.1, 0.15) is 5.75 Å². The first-order valence-electron chi connectivity index (χ1n) is 7.54. The third kappa shape index (κ3) is 3.97. The minimum atomic E-state index is -0.203. The Kier molecular flexibility index (Phi) is 5.23. The molecule has 1 saturated carbocycles. The molecule has 0 bridgehead atoms. The Bertz CT molecular complexity index is 489. The van der Waals surface area contributed by atoms with Crippen LogP contribution in [0.1, 0.15) is 36.8 Å². The van der Waals surface area contributed by atoms with Crippen LogP contribution in [0.3, 0.4) is 0 Å². The van der Waals surface area contributed by atoms with Gasteiger partial charge in [-0.1, -0.05) is 17.7 Å². The number of benzene rings is 1. The fourth-order valence-electron chi connectivity index (χ4n) is 2.82. The van der Waals surface area contributed by atoms with Crippen LogP contribution in [0.4, 0.5) is 0 Å². The third-order valence-electron chi connectivity index (χ3n) is 4.33. The molecule has 1 aliphatic rings. The van der Waals surface area contributed by atoms with E-state index in [9.17, 15) is 4.79 Å². The van der Waals surface area contributed by atoms with Gasteiger partial charge in [-0.25, -0.2) is 0 Å². The molecule has 0 radical (unpaired) electrons. The molecule has 0 spiro atoms. The van der Waals surface area contributed by atoms with Crippen LogP contribution in [0, 0.1) is 6.92 Å². The molecule has 0 aliphatic heterocycles. The van der Waals surface area contributed by atoms with Crippen molar-refractivity contribution in [3.05, 3.63) is 29.3 Å². The second kappa shape index (κ2) is 6.94. The van der Waals surface area contributed by atoms with Crippen LogP contribution < -0.4 is 10.1 Å². The summed E-state index contributed by atoms with van der Waals surface area (Å²) in [7, 11) is 3.37. The lowest BCUT2D eigenvalue weighted by molar-refractivity contribution is -0.134. The molecule has 2 rings (SSSR count). The van der Waals surface area contributed by atoms with Crippen molar-refractivity contribution in [1.82, 2.24) is 5.32 Å². The van der Waals surface area contributed by atoms with E-state index in [4.69, 9.17) is 9.47 Å². The summed E-state index contributed by atoms with van der Waals surface area (Å²) in [6.07, 6.45) is 4.37. The predicted octanol–water partition coefficient (Wildman–Crippen LogP) is 2.62. The van der Waals surface area contributed by atoms with Gasteiger partial charge in [0.2, 0.25) is 5.91 Å². The predicted molar refractivity (Wildman–Crippen MR) is 82.7 cm³/mol. The SMILES string of the molecule is COc1ccc(C)cc1CCNC(=O)CC1(OC)CCC1. The van der Waals surface area contributed by atoms with Gasteiger partial charge in [-0.3, -0.25) is 4.79 Å². The topological polar surface area (TPSA) is 47.6 Å². The van der Waals surface area contributed by atoms with Gasteiger partial charge in [0.15, 0.2) is 0 Å². The van der Waals surface area contributed by atoms with Crippen LogP contribution in [0.5, 0.6) is 5.75 Å². The van der Waals surface area contributed by atoms with E-state index in [0.29, 0.717) is 13.0 Å². The highest BCUT2D eigenvalue weighted by molar-refractivity contribution is 5.77. The van der Waals surface area contributed by atoms with Crippen molar-refractivity contribution in [2.75, 3.05) is 20.8 Å². The second-order valence-corrected chi connectivity index (χ2v) is 5.83. The van der Waals surface area contributed by atoms with Crippen molar-refractivity contribution in [2.45, 2.75) is 44.6 Å². The van der Waals surface area contributed by atoms with Gasteiger partial charge in [-0.05, 0) is 44.2 Å². The lowest BCUT2D eigenvalue weighted by Crippen LogP contribution is -2.44.